The van der Waals surface area contributed by atoms with Gasteiger partial charge in [0.2, 0.25) is 0 Å². The van der Waals surface area contributed by atoms with Gasteiger partial charge in [0.1, 0.15) is 17.0 Å². The molecule has 3 aromatic rings. The van der Waals surface area contributed by atoms with E-state index in [-0.39, 0.29) is 5.76 Å². The molecule has 0 saturated heterocycles. The van der Waals surface area contributed by atoms with Crippen LogP contribution in [0.15, 0.2) is 63.7 Å². The van der Waals surface area contributed by atoms with Crippen LogP contribution >= 0.6 is 0 Å². The van der Waals surface area contributed by atoms with Crippen LogP contribution < -0.4 is 16.2 Å². The first-order valence-electron chi connectivity index (χ1n) is 9.60. The third-order valence-electron chi connectivity index (χ3n) is 5.88. The summed E-state index contributed by atoms with van der Waals surface area (Å²) < 4.78 is 1.41. The first-order chi connectivity index (χ1) is 14.0. The largest absolute Gasteiger partial charge is 0.507 e. The Morgan fingerprint density at radius 1 is 1.07 bits per heavy atom. The molecule has 1 unspecified atom stereocenters. The van der Waals surface area contributed by atoms with Gasteiger partial charge in [-0.15, -0.1) is 0 Å². The third kappa shape index (κ3) is 2.38. The van der Waals surface area contributed by atoms with Crippen molar-refractivity contribution in [2.45, 2.75) is 19.3 Å². The molecule has 1 aliphatic carbocycles. The van der Waals surface area contributed by atoms with Crippen molar-refractivity contribution in [3.63, 3.8) is 0 Å². The SMILES string of the molecule is CCc1ccc(C2C3=C(O)c4ccccc4C3=[NH+]c3c2c(=O)[nH]c(=O)n3C)cc1. The Bertz CT molecular complexity index is 1340. The number of allylic oxidation sites excluding steroid dienone is 1. The van der Waals surface area contributed by atoms with Gasteiger partial charge in [0.05, 0.1) is 18.5 Å². The molecule has 6 heteroatoms. The molecule has 0 saturated carbocycles. The highest BCUT2D eigenvalue weighted by molar-refractivity contribution is 6.21. The highest BCUT2D eigenvalue weighted by atomic mass is 16.3. The van der Waals surface area contributed by atoms with Crippen LogP contribution in [0, 0.1) is 0 Å². The summed E-state index contributed by atoms with van der Waals surface area (Å²) in [6, 6.07) is 15.6. The van der Waals surface area contributed by atoms with Crippen molar-refractivity contribution in [1.29, 1.82) is 0 Å². The fraction of sp³-hybridized carbons (Fsp3) is 0.174. The van der Waals surface area contributed by atoms with Gasteiger partial charge in [-0.3, -0.25) is 9.78 Å². The topological polar surface area (TPSA) is 89.1 Å². The summed E-state index contributed by atoms with van der Waals surface area (Å²) in [5.41, 5.74) is 4.54. The molecule has 6 nitrogen and oxygen atoms in total. The van der Waals surface area contributed by atoms with Crippen molar-refractivity contribution in [2.24, 2.45) is 7.05 Å². The quantitative estimate of drug-likeness (QED) is 0.620. The maximum atomic E-state index is 12.9. The van der Waals surface area contributed by atoms with E-state index >= 15 is 0 Å². The number of aliphatic hydroxyl groups excluding tert-OH is 1. The second-order valence-corrected chi connectivity index (χ2v) is 7.42. The average molecular weight is 386 g/mol. The van der Waals surface area contributed by atoms with Gasteiger partial charge in [-0.25, -0.2) is 9.79 Å². The molecule has 0 fully saturated rings. The Balaban J connectivity index is 1.88. The number of aryl methyl sites for hydroxylation is 1. The van der Waals surface area contributed by atoms with Crippen molar-refractivity contribution in [3.8, 4) is 0 Å². The van der Waals surface area contributed by atoms with Crippen molar-refractivity contribution in [3.05, 3.63) is 103 Å². The molecule has 2 aromatic carbocycles. The van der Waals surface area contributed by atoms with Gasteiger partial charge in [0.15, 0.2) is 0 Å². The lowest BCUT2D eigenvalue weighted by Gasteiger charge is -2.23. The highest BCUT2D eigenvalue weighted by Crippen LogP contribution is 2.43. The fourth-order valence-corrected chi connectivity index (χ4v) is 4.33. The Morgan fingerprint density at radius 3 is 2.45 bits per heavy atom. The molecular formula is C23H20N3O3+. The Kier molecular flexibility index (Phi) is 3.71. The first-order valence-corrected chi connectivity index (χ1v) is 9.60. The van der Waals surface area contributed by atoms with E-state index in [1.807, 2.05) is 48.5 Å². The maximum Gasteiger partial charge on any atom is 0.415 e. The lowest BCUT2D eigenvalue weighted by Crippen LogP contribution is -2.72. The molecule has 2 heterocycles. The summed E-state index contributed by atoms with van der Waals surface area (Å²) in [5, 5.41) is 11.1. The number of hydrogen-bond donors (Lipinski definition) is 3. The summed E-state index contributed by atoms with van der Waals surface area (Å²) in [5.74, 6) is 0.119. The molecule has 3 N–H and O–H groups in total. The van der Waals surface area contributed by atoms with Crippen molar-refractivity contribution in [1.82, 2.24) is 9.55 Å². The van der Waals surface area contributed by atoms with Crippen LogP contribution in [-0.4, -0.2) is 20.4 Å². The lowest BCUT2D eigenvalue weighted by atomic mass is 9.81. The number of hydrogen-bond acceptors (Lipinski definition) is 3. The number of aromatic nitrogens is 2. The van der Waals surface area contributed by atoms with E-state index < -0.39 is 17.2 Å². The monoisotopic (exact) mass is 386 g/mol. The molecule has 0 radical (unpaired) electrons. The van der Waals surface area contributed by atoms with E-state index in [0.717, 1.165) is 28.8 Å². The van der Waals surface area contributed by atoms with Gasteiger partial charge >= 0.3 is 5.69 Å². The minimum Gasteiger partial charge on any atom is -0.507 e. The second-order valence-electron chi connectivity index (χ2n) is 7.42. The van der Waals surface area contributed by atoms with Gasteiger partial charge in [-0.1, -0.05) is 49.4 Å². The van der Waals surface area contributed by atoms with E-state index in [4.69, 9.17) is 0 Å². The third-order valence-corrected chi connectivity index (χ3v) is 5.88. The molecule has 0 spiro atoms. The highest BCUT2D eigenvalue weighted by Gasteiger charge is 2.43. The van der Waals surface area contributed by atoms with Crippen LogP contribution in [0.1, 0.15) is 40.7 Å². The lowest BCUT2D eigenvalue weighted by molar-refractivity contribution is -0.363. The van der Waals surface area contributed by atoms with Crippen LogP contribution in [0.3, 0.4) is 0 Å². The van der Waals surface area contributed by atoms with Crippen molar-refractivity contribution in [2.75, 3.05) is 0 Å². The zero-order chi connectivity index (χ0) is 20.3. The molecule has 0 amide bonds. The Morgan fingerprint density at radius 2 is 1.76 bits per heavy atom. The van der Waals surface area contributed by atoms with E-state index in [2.05, 4.69) is 16.9 Å². The van der Waals surface area contributed by atoms with Crippen LogP contribution in [0.4, 0.5) is 5.82 Å². The molecule has 1 aromatic heterocycles. The van der Waals surface area contributed by atoms with E-state index in [1.165, 1.54) is 10.1 Å². The van der Waals surface area contributed by atoms with Crippen LogP contribution in [0.2, 0.25) is 0 Å². The summed E-state index contributed by atoms with van der Waals surface area (Å²) >= 11 is 0. The molecule has 5 rings (SSSR count). The van der Waals surface area contributed by atoms with E-state index in [1.54, 1.807) is 7.05 Å². The normalized spacial score (nSPS) is 16.9. The zero-order valence-corrected chi connectivity index (χ0v) is 16.1. The van der Waals surface area contributed by atoms with Gasteiger partial charge < -0.3 is 5.11 Å². The number of nitrogens with zero attached hydrogens (tertiary/aromatic N) is 1. The number of aromatic amines is 1. The van der Waals surface area contributed by atoms with Crippen molar-refractivity contribution >= 4 is 17.3 Å². The minimum absolute atomic E-state index is 0.159. The van der Waals surface area contributed by atoms with Crippen LogP contribution in [0.5, 0.6) is 0 Å². The Labute approximate surface area is 166 Å². The molecule has 2 aliphatic rings. The summed E-state index contributed by atoms with van der Waals surface area (Å²) in [4.78, 5) is 30.8. The first kappa shape index (κ1) is 17.4. The van der Waals surface area contributed by atoms with Crippen LogP contribution in [-0.2, 0) is 13.5 Å². The summed E-state index contributed by atoms with van der Waals surface area (Å²) in [6.45, 7) is 2.09. The molecule has 29 heavy (non-hydrogen) atoms. The fourth-order valence-electron chi connectivity index (χ4n) is 4.33. The number of rotatable bonds is 2. The van der Waals surface area contributed by atoms with Crippen LogP contribution in [0.25, 0.3) is 5.76 Å². The smallest absolute Gasteiger partial charge is 0.415 e. The molecule has 1 aliphatic heterocycles. The molecule has 144 valence electrons. The number of H-pyrrole nitrogens is 1. The maximum absolute atomic E-state index is 12.9. The molecule has 0 bridgehead atoms. The van der Waals surface area contributed by atoms with Gasteiger partial charge in [-0.2, -0.15) is 4.57 Å². The van der Waals surface area contributed by atoms with E-state index in [9.17, 15) is 14.7 Å². The zero-order valence-electron chi connectivity index (χ0n) is 16.1. The second kappa shape index (κ2) is 6.17. The summed E-state index contributed by atoms with van der Waals surface area (Å²) in [6.07, 6.45) is 0.912. The minimum atomic E-state index is -0.491. The predicted molar refractivity (Wildman–Crippen MR) is 111 cm³/mol. The molecule has 1 atom stereocenters. The predicted octanol–water partition coefficient (Wildman–Crippen LogP) is 1.27. The van der Waals surface area contributed by atoms with E-state index in [0.29, 0.717) is 17.0 Å². The Hall–Kier alpha value is -3.67. The number of fused-ring (bicyclic) bond motifs is 4. The average Bonchev–Trinajstić information content (AvgIpc) is 3.03. The number of aliphatic hydroxyl groups is 1. The standard InChI is InChI=1S/C23H19N3O3/c1-3-12-8-10-13(11-9-12)16-17-19(14-6-4-5-7-15(14)20(17)27)24-21-18(16)22(28)25-23(29)26(21)2/h4-11,16,27H,3H2,1-2H3,(H,25,28,29)/p+1. The van der Waals surface area contributed by atoms with Crippen molar-refractivity contribution < 1.29 is 10.1 Å². The van der Waals surface area contributed by atoms with Gasteiger partial charge in [-0.05, 0) is 23.6 Å². The van der Waals surface area contributed by atoms with Gasteiger partial charge in [0, 0.05) is 11.1 Å². The number of benzene rings is 2. The molecular weight excluding hydrogens is 366 g/mol. The van der Waals surface area contributed by atoms with Gasteiger partial charge in [0.25, 0.3) is 11.4 Å². The number of nitrogens with one attached hydrogen (secondary N) is 2. The summed E-state index contributed by atoms with van der Waals surface area (Å²) in [7, 11) is 1.62.